The van der Waals surface area contributed by atoms with Crippen LogP contribution in [0.5, 0.6) is 11.5 Å². The Hall–Kier alpha value is -2.85. The highest BCUT2D eigenvalue weighted by Gasteiger charge is 2.23. The van der Waals surface area contributed by atoms with E-state index in [1.165, 1.54) is 36.5 Å². The van der Waals surface area contributed by atoms with Gasteiger partial charge in [-0.25, -0.2) is 13.4 Å². The Kier molecular flexibility index (Phi) is 5.47. The van der Waals surface area contributed by atoms with E-state index in [4.69, 9.17) is 4.74 Å². The van der Waals surface area contributed by atoms with Gasteiger partial charge in [-0.2, -0.15) is 0 Å². The fraction of sp³-hybridized carbons (Fsp3) is 0.294. The number of phenolic OH excluding ortho intramolecular Hbond substituents is 2. The first-order valence-electron chi connectivity index (χ1n) is 8.24. The number of hydrogen-bond donors (Lipinski definition) is 4. The quantitative estimate of drug-likeness (QED) is 0.432. The van der Waals surface area contributed by atoms with Crippen LogP contribution in [-0.2, 0) is 14.8 Å². The summed E-state index contributed by atoms with van der Waals surface area (Å²) < 4.78 is 32.1. The van der Waals surface area contributed by atoms with Gasteiger partial charge in [-0.15, -0.1) is 0 Å². The molecule has 3 rings (SSSR count). The topological polar surface area (TPSA) is 138 Å². The first kappa shape index (κ1) is 18.9. The third kappa shape index (κ3) is 5.08. The van der Waals surface area contributed by atoms with Gasteiger partial charge in [-0.3, -0.25) is 9.52 Å². The molecule has 0 saturated carbocycles. The van der Waals surface area contributed by atoms with Crippen LogP contribution in [-0.4, -0.2) is 48.0 Å². The summed E-state index contributed by atoms with van der Waals surface area (Å²) in [6.07, 6.45) is 2.50. The second-order valence-corrected chi connectivity index (χ2v) is 7.87. The molecule has 4 N–H and O–H groups in total. The van der Waals surface area contributed by atoms with Crippen molar-refractivity contribution >= 4 is 27.4 Å². The van der Waals surface area contributed by atoms with Crippen molar-refractivity contribution in [1.82, 2.24) is 4.98 Å². The largest absolute Gasteiger partial charge is 0.504 e. The molecule has 2 heterocycles. The van der Waals surface area contributed by atoms with Crippen LogP contribution in [0.3, 0.4) is 0 Å². The van der Waals surface area contributed by atoms with Gasteiger partial charge in [0.15, 0.2) is 11.5 Å². The van der Waals surface area contributed by atoms with Crippen molar-refractivity contribution in [2.75, 3.05) is 22.4 Å². The number of sulfonamides is 1. The second-order valence-electron chi connectivity index (χ2n) is 6.11. The summed E-state index contributed by atoms with van der Waals surface area (Å²) in [5.74, 6) is -1.35. The van der Waals surface area contributed by atoms with Gasteiger partial charge in [0.25, 0.3) is 5.91 Å². The summed E-state index contributed by atoms with van der Waals surface area (Å²) in [5.41, 5.74) is 0.444. The molecule has 1 saturated heterocycles. The second kappa shape index (κ2) is 7.80. The third-order valence-electron chi connectivity index (χ3n) is 3.94. The highest BCUT2D eigenvalue weighted by atomic mass is 32.2. The number of nitrogens with one attached hydrogen (secondary N) is 2. The van der Waals surface area contributed by atoms with Gasteiger partial charge in [-0.1, -0.05) is 0 Å². The van der Waals surface area contributed by atoms with Crippen molar-refractivity contribution in [2.24, 2.45) is 0 Å². The Balaban J connectivity index is 1.68. The van der Waals surface area contributed by atoms with Crippen LogP contribution in [0.25, 0.3) is 0 Å². The Morgan fingerprint density at radius 2 is 2.04 bits per heavy atom. The average molecular weight is 393 g/mol. The van der Waals surface area contributed by atoms with Crippen molar-refractivity contribution in [2.45, 2.75) is 18.9 Å². The number of aromatic nitrogens is 1. The minimum Gasteiger partial charge on any atom is -0.504 e. The minimum absolute atomic E-state index is 0.0224. The molecule has 0 spiro atoms. The molecule has 1 aliphatic rings. The SMILES string of the molecule is O=C(Nc1ccc(O)c(O)c1)c1ccnc(NS(=O)(=O)CC2CCCO2)c1. The van der Waals surface area contributed by atoms with Gasteiger partial charge in [0, 0.05) is 30.1 Å². The van der Waals surface area contributed by atoms with Crippen molar-refractivity contribution in [1.29, 1.82) is 0 Å². The summed E-state index contributed by atoms with van der Waals surface area (Å²) in [7, 11) is -3.66. The van der Waals surface area contributed by atoms with Crippen LogP contribution in [0, 0.1) is 0 Å². The fourth-order valence-electron chi connectivity index (χ4n) is 2.65. The molecule has 0 bridgehead atoms. The van der Waals surface area contributed by atoms with Crippen molar-refractivity contribution in [3.8, 4) is 11.5 Å². The van der Waals surface area contributed by atoms with Crippen LogP contribution in [0.2, 0.25) is 0 Å². The molecule has 0 aliphatic carbocycles. The number of ether oxygens (including phenoxy) is 1. The molecule has 1 unspecified atom stereocenters. The summed E-state index contributed by atoms with van der Waals surface area (Å²) in [5, 5.41) is 21.3. The lowest BCUT2D eigenvalue weighted by molar-refractivity contribution is 0.102. The summed E-state index contributed by atoms with van der Waals surface area (Å²) >= 11 is 0. The maximum atomic E-state index is 12.3. The lowest BCUT2D eigenvalue weighted by atomic mass is 10.2. The molecular formula is C17H19N3O6S. The van der Waals surface area contributed by atoms with E-state index in [0.717, 1.165) is 6.42 Å². The first-order valence-corrected chi connectivity index (χ1v) is 9.89. The van der Waals surface area contributed by atoms with Crippen molar-refractivity contribution < 1.29 is 28.2 Å². The number of phenols is 2. The third-order valence-corrected chi connectivity index (χ3v) is 5.28. The van der Waals surface area contributed by atoms with E-state index in [2.05, 4.69) is 15.0 Å². The zero-order valence-electron chi connectivity index (χ0n) is 14.3. The molecule has 1 aliphatic heterocycles. The molecule has 27 heavy (non-hydrogen) atoms. The van der Waals surface area contributed by atoms with Crippen LogP contribution in [0.4, 0.5) is 11.5 Å². The fourth-order valence-corrected chi connectivity index (χ4v) is 3.92. The maximum absolute atomic E-state index is 12.3. The standard InChI is InChI=1S/C17H19N3O6S/c21-14-4-3-12(9-15(14)22)19-17(23)11-5-6-18-16(8-11)20-27(24,25)10-13-2-1-7-26-13/h3-6,8-9,13,21-22H,1-2,7,10H2,(H,18,20)(H,19,23). The number of nitrogens with zero attached hydrogens (tertiary/aromatic N) is 1. The van der Waals surface area contributed by atoms with Gasteiger partial charge >= 0.3 is 0 Å². The summed E-state index contributed by atoms with van der Waals surface area (Å²) in [4.78, 5) is 16.3. The van der Waals surface area contributed by atoms with E-state index in [1.807, 2.05) is 0 Å². The molecule has 0 radical (unpaired) electrons. The normalized spacial score (nSPS) is 16.8. The zero-order valence-corrected chi connectivity index (χ0v) is 15.1. The van der Waals surface area contributed by atoms with Gasteiger partial charge in [0.05, 0.1) is 11.9 Å². The van der Waals surface area contributed by atoms with E-state index < -0.39 is 15.9 Å². The monoisotopic (exact) mass is 393 g/mol. The predicted molar refractivity (Wildman–Crippen MR) is 98.3 cm³/mol. The van der Waals surface area contributed by atoms with Crippen LogP contribution < -0.4 is 10.0 Å². The molecular weight excluding hydrogens is 374 g/mol. The molecule has 2 aromatic rings. The Bertz CT molecular complexity index is 941. The van der Waals surface area contributed by atoms with Crippen LogP contribution >= 0.6 is 0 Å². The number of pyridine rings is 1. The zero-order chi connectivity index (χ0) is 19.4. The number of anilines is 2. The number of carbonyl (C=O) groups excluding carboxylic acids is 1. The van der Waals surface area contributed by atoms with E-state index >= 15 is 0 Å². The summed E-state index contributed by atoms with van der Waals surface area (Å²) in [6, 6.07) is 6.58. The number of hydrogen-bond acceptors (Lipinski definition) is 7. The maximum Gasteiger partial charge on any atom is 0.255 e. The van der Waals surface area contributed by atoms with E-state index in [9.17, 15) is 23.4 Å². The Morgan fingerprint density at radius 3 is 2.74 bits per heavy atom. The predicted octanol–water partition coefficient (Wildman–Crippen LogP) is 1.67. The van der Waals surface area contributed by atoms with Gasteiger partial charge in [0.2, 0.25) is 10.0 Å². The average Bonchev–Trinajstić information content (AvgIpc) is 3.10. The molecule has 9 nitrogen and oxygen atoms in total. The van der Waals surface area contributed by atoms with Gasteiger partial charge in [0.1, 0.15) is 5.82 Å². The highest BCUT2D eigenvalue weighted by Crippen LogP contribution is 2.27. The summed E-state index contributed by atoms with van der Waals surface area (Å²) in [6.45, 7) is 0.556. The number of amides is 1. The first-order chi connectivity index (χ1) is 12.8. The van der Waals surface area contributed by atoms with E-state index in [-0.39, 0.29) is 40.4 Å². The van der Waals surface area contributed by atoms with Crippen LogP contribution in [0.1, 0.15) is 23.2 Å². The minimum atomic E-state index is -3.66. The van der Waals surface area contributed by atoms with E-state index in [1.54, 1.807) is 0 Å². The molecule has 1 aromatic carbocycles. The number of carbonyl (C=O) groups is 1. The lowest BCUT2D eigenvalue weighted by Crippen LogP contribution is -2.26. The Labute approximate surface area is 156 Å². The van der Waals surface area contributed by atoms with E-state index in [0.29, 0.717) is 13.0 Å². The van der Waals surface area contributed by atoms with Gasteiger partial charge < -0.3 is 20.3 Å². The molecule has 1 atom stereocenters. The molecule has 1 aromatic heterocycles. The van der Waals surface area contributed by atoms with Crippen molar-refractivity contribution in [3.63, 3.8) is 0 Å². The number of benzene rings is 1. The molecule has 144 valence electrons. The van der Waals surface area contributed by atoms with Crippen LogP contribution in [0.15, 0.2) is 36.5 Å². The Morgan fingerprint density at radius 1 is 1.22 bits per heavy atom. The molecule has 1 amide bonds. The smallest absolute Gasteiger partial charge is 0.255 e. The lowest BCUT2D eigenvalue weighted by Gasteiger charge is -2.12. The number of rotatable bonds is 6. The molecule has 1 fully saturated rings. The van der Waals surface area contributed by atoms with Gasteiger partial charge in [-0.05, 0) is 37.1 Å². The van der Waals surface area contributed by atoms with Crippen molar-refractivity contribution in [3.05, 3.63) is 42.1 Å². The highest BCUT2D eigenvalue weighted by molar-refractivity contribution is 7.92. The number of aromatic hydroxyl groups is 2. The molecule has 10 heteroatoms.